The molecule has 126 valence electrons. The maximum atomic E-state index is 4.86. The molecule has 1 rings (SSSR count). The molecule has 2 unspecified atom stereocenters. The zero-order chi connectivity index (χ0) is 15.2. The van der Waals surface area contributed by atoms with Crippen molar-refractivity contribution in [3.8, 4) is 0 Å². The van der Waals surface area contributed by atoms with E-state index in [4.69, 9.17) is 4.99 Å². The van der Waals surface area contributed by atoms with Crippen LogP contribution in [0.1, 0.15) is 53.4 Å². The Bertz CT molecular complexity index is 317. The van der Waals surface area contributed by atoms with Crippen LogP contribution in [0.25, 0.3) is 0 Å². The fourth-order valence-electron chi connectivity index (χ4n) is 3.14. The maximum Gasteiger partial charge on any atom is 0.191 e. The van der Waals surface area contributed by atoms with E-state index < -0.39 is 0 Å². The van der Waals surface area contributed by atoms with Gasteiger partial charge in [0.2, 0.25) is 0 Å². The van der Waals surface area contributed by atoms with Crippen LogP contribution in [0.2, 0.25) is 0 Å². The van der Waals surface area contributed by atoms with E-state index in [1.165, 1.54) is 25.7 Å². The summed E-state index contributed by atoms with van der Waals surface area (Å²) in [4.78, 5) is 7.25. The van der Waals surface area contributed by atoms with Gasteiger partial charge in [0.05, 0.1) is 6.54 Å². The number of likely N-dealkylation sites (N-methyl/N-ethyl adjacent to an activating group) is 1. The zero-order valence-corrected chi connectivity index (χ0v) is 17.0. The van der Waals surface area contributed by atoms with Crippen LogP contribution in [-0.2, 0) is 0 Å². The molecule has 0 saturated heterocycles. The first-order valence-electron chi connectivity index (χ1n) is 8.12. The third-order valence-electron chi connectivity index (χ3n) is 4.32. The Labute approximate surface area is 148 Å². The van der Waals surface area contributed by atoms with Crippen molar-refractivity contribution in [1.29, 1.82) is 0 Å². The Morgan fingerprint density at radius 1 is 1.38 bits per heavy atom. The fraction of sp³-hybridized carbons (Fsp3) is 0.938. The predicted molar refractivity (Wildman–Crippen MR) is 104 cm³/mol. The molecule has 4 nitrogen and oxygen atoms in total. The molecule has 0 heterocycles. The van der Waals surface area contributed by atoms with Crippen LogP contribution in [-0.4, -0.2) is 49.6 Å². The van der Waals surface area contributed by atoms with E-state index in [1.54, 1.807) is 0 Å². The van der Waals surface area contributed by atoms with Crippen molar-refractivity contribution < 1.29 is 0 Å². The number of aliphatic imine (C=N–C) groups is 1. The van der Waals surface area contributed by atoms with Gasteiger partial charge in [-0.15, -0.1) is 24.0 Å². The number of halogens is 1. The highest BCUT2D eigenvalue weighted by molar-refractivity contribution is 14.0. The van der Waals surface area contributed by atoms with E-state index in [0.717, 1.165) is 25.0 Å². The summed E-state index contributed by atoms with van der Waals surface area (Å²) in [6.07, 6.45) is 5.20. The summed E-state index contributed by atoms with van der Waals surface area (Å²) in [5.74, 6) is 1.75. The molecule has 1 aliphatic carbocycles. The van der Waals surface area contributed by atoms with Gasteiger partial charge in [0.1, 0.15) is 0 Å². The average Bonchev–Trinajstić information content (AvgIpc) is 2.35. The van der Waals surface area contributed by atoms with E-state index in [9.17, 15) is 0 Å². The van der Waals surface area contributed by atoms with Gasteiger partial charge in [-0.3, -0.25) is 4.99 Å². The smallest absolute Gasteiger partial charge is 0.191 e. The number of hydrogen-bond acceptors (Lipinski definition) is 2. The first-order chi connectivity index (χ1) is 9.39. The van der Waals surface area contributed by atoms with E-state index in [2.05, 4.69) is 57.3 Å². The van der Waals surface area contributed by atoms with Crippen LogP contribution in [0.5, 0.6) is 0 Å². The Morgan fingerprint density at radius 2 is 2.05 bits per heavy atom. The van der Waals surface area contributed by atoms with Gasteiger partial charge in [-0.1, -0.05) is 19.8 Å². The van der Waals surface area contributed by atoms with Gasteiger partial charge < -0.3 is 15.5 Å². The minimum absolute atomic E-state index is 0. The van der Waals surface area contributed by atoms with Crippen LogP contribution in [0.4, 0.5) is 0 Å². The topological polar surface area (TPSA) is 39.7 Å². The van der Waals surface area contributed by atoms with E-state index in [-0.39, 0.29) is 29.5 Å². The molecule has 0 aromatic heterocycles. The van der Waals surface area contributed by atoms with Crippen LogP contribution < -0.4 is 10.6 Å². The van der Waals surface area contributed by atoms with Crippen molar-refractivity contribution in [2.45, 2.75) is 65.0 Å². The minimum Gasteiger partial charge on any atom is -0.357 e. The number of nitrogens with zero attached hydrogens (tertiary/aromatic N) is 2. The number of rotatable bonds is 5. The molecule has 5 heteroatoms. The summed E-state index contributed by atoms with van der Waals surface area (Å²) >= 11 is 0. The van der Waals surface area contributed by atoms with E-state index >= 15 is 0 Å². The Kier molecular flexibility index (Phi) is 9.85. The van der Waals surface area contributed by atoms with Crippen molar-refractivity contribution in [2.24, 2.45) is 10.9 Å². The first kappa shape index (κ1) is 21.0. The zero-order valence-electron chi connectivity index (χ0n) is 14.7. The lowest BCUT2D eigenvalue weighted by Crippen LogP contribution is -2.51. The molecular formula is C16H35IN4. The van der Waals surface area contributed by atoms with Crippen LogP contribution in [0, 0.1) is 5.92 Å². The first-order valence-corrected chi connectivity index (χ1v) is 8.12. The minimum atomic E-state index is 0. The Hall–Kier alpha value is -0.0400. The largest absolute Gasteiger partial charge is 0.357 e. The second-order valence-corrected chi connectivity index (χ2v) is 6.81. The summed E-state index contributed by atoms with van der Waals surface area (Å²) < 4.78 is 0. The summed E-state index contributed by atoms with van der Waals surface area (Å²) in [7, 11) is 4.41. The Morgan fingerprint density at radius 3 is 2.52 bits per heavy atom. The van der Waals surface area contributed by atoms with Gasteiger partial charge in [0.25, 0.3) is 0 Å². The molecule has 2 N–H and O–H groups in total. The maximum absolute atomic E-state index is 4.86. The van der Waals surface area contributed by atoms with Crippen molar-refractivity contribution in [3.63, 3.8) is 0 Å². The average molecular weight is 410 g/mol. The van der Waals surface area contributed by atoms with Crippen molar-refractivity contribution >= 4 is 29.9 Å². The van der Waals surface area contributed by atoms with Crippen molar-refractivity contribution in [3.05, 3.63) is 0 Å². The molecule has 0 amide bonds. The number of hydrogen-bond donors (Lipinski definition) is 2. The third-order valence-corrected chi connectivity index (χ3v) is 4.32. The molecule has 0 bridgehead atoms. The molecule has 1 aliphatic rings. The number of guanidine groups is 1. The predicted octanol–water partition coefficient (Wildman–Crippen LogP) is 3.08. The highest BCUT2D eigenvalue weighted by Gasteiger charge is 2.36. The molecule has 0 radical (unpaired) electrons. The standard InChI is InChI=1S/C16H34N4.HI/c1-7-17-15(19-13(2)3)18-12-16(20(5)6)10-8-9-14(4)11-16;/h13-14H,7-12H2,1-6H3,(H2,17,18,19);1H. The summed E-state index contributed by atoms with van der Waals surface area (Å²) in [5, 5.41) is 6.75. The lowest BCUT2D eigenvalue weighted by Gasteiger charge is -2.44. The van der Waals surface area contributed by atoms with Crippen LogP contribution in [0.15, 0.2) is 4.99 Å². The van der Waals surface area contributed by atoms with Gasteiger partial charge in [-0.25, -0.2) is 0 Å². The van der Waals surface area contributed by atoms with Crippen molar-refractivity contribution in [2.75, 3.05) is 27.2 Å². The third kappa shape index (κ3) is 6.72. The molecule has 0 aromatic rings. The van der Waals surface area contributed by atoms with E-state index in [1.807, 2.05) is 0 Å². The quantitative estimate of drug-likeness (QED) is 0.416. The molecule has 0 spiro atoms. The van der Waals surface area contributed by atoms with Crippen LogP contribution in [0.3, 0.4) is 0 Å². The van der Waals surface area contributed by atoms with Gasteiger partial charge in [-0.2, -0.15) is 0 Å². The van der Waals surface area contributed by atoms with Gasteiger partial charge in [-0.05, 0) is 53.6 Å². The summed E-state index contributed by atoms with van der Waals surface area (Å²) in [6.45, 7) is 10.6. The van der Waals surface area contributed by atoms with Gasteiger partial charge in [0, 0.05) is 18.1 Å². The Balaban J connectivity index is 0.00000400. The second kappa shape index (κ2) is 9.87. The highest BCUT2D eigenvalue weighted by atomic mass is 127. The molecule has 0 aliphatic heterocycles. The monoisotopic (exact) mass is 410 g/mol. The molecule has 0 aromatic carbocycles. The lowest BCUT2D eigenvalue weighted by molar-refractivity contribution is 0.0845. The second-order valence-electron chi connectivity index (χ2n) is 6.81. The highest BCUT2D eigenvalue weighted by Crippen LogP contribution is 2.35. The molecule has 1 fully saturated rings. The molecular weight excluding hydrogens is 375 g/mol. The van der Waals surface area contributed by atoms with Crippen molar-refractivity contribution in [1.82, 2.24) is 15.5 Å². The molecule has 21 heavy (non-hydrogen) atoms. The molecule has 2 atom stereocenters. The summed E-state index contributed by atoms with van der Waals surface area (Å²) in [6, 6.07) is 0.411. The number of nitrogens with one attached hydrogen (secondary N) is 2. The fourth-order valence-corrected chi connectivity index (χ4v) is 3.14. The lowest BCUT2D eigenvalue weighted by atomic mass is 9.75. The normalized spacial score (nSPS) is 26.7. The van der Waals surface area contributed by atoms with Gasteiger partial charge in [0.15, 0.2) is 5.96 Å². The van der Waals surface area contributed by atoms with E-state index in [0.29, 0.717) is 6.04 Å². The molecule has 1 saturated carbocycles. The van der Waals surface area contributed by atoms with Gasteiger partial charge >= 0.3 is 0 Å². The SMILES string of the molecule is CCNC(=NCC1(N(C)C)CCCC(C)C1)NC(C)C.I. The van der Waals surface area contributed by atoms with Crippen LogP contribution >= 0.6 is 24.0 Å². The summed E-state index contributed by atoms with van der Waals surface area (Å²) in [5.41, 5.74) is 0.233.